The number of carboxylic acid groups (broad SMARTS) is 1. The summed E-state index contributed by atoms with van der Waals surface area (Å²) in [6.45, 7) is 1.85. The van der Waals surface area contributed by atoms with Crippen molar-refractivity contribution >= 4 is 42.8 Å². The summed E-state index contributed by atoms with van der Waals surface area (Å²) in [7, 11) is -3.93. The molecular formula is C18H17BrN2O4S. The van der Waals surface area contributed by atoms with E-state index in [0.717, 1.165) is 26.5 Å². The van der Waals surface area contributed by atoms with Crippen LogP contribution in [0.25, 0.3) is 10.9 Å². The fraction of sp³-hybridized carbons (Fsp3) is 0.167. The van der Waals surface area contributed by atoms with Crippen LogP contribution >= 0.6 is 15.9 Å². The van der Waals surface area contributed by atoms with Crippen molar-refractivity contribution in [3.8, 4) is 0 Å². The van der Waals surface area contributed by atoms with Crippen molar-refractivity contribution in [2.75, 3.05) is 0 Å². The summed E-state index contributed by atoms with van der Waals surface area (Å²) in [5.41, 5.74) is 2.50. The number of aliphatic carboxylic acids is 1. The monoisotopic (exact) mass is 436 g/mol. The van der Waals surface area contributed by atoms with Crippen molar-refractivity contribution in [2.24, 2.45) is 0 Å². The number of hydrogen-bond donors (Lipinski definition) is 3. The van der Waals surface area contributed by atoms with Crippen LogP contribution in [0.5, 0.6) is 0 Å². The van der Waals surface area contributed by atoms with E-state index in [9.17, 15) is 18.3 Å². The Balaban J connectivity index is 1.87. The summed E-state index contributed by atoms with van der Waals surface area (Å²) in [4.78, 5) is 14.7. The molecular weight excluding hydrogens is 420 g/mol. The molecule has 2 aromatic carbocycles. The molecule has 3 rings (SSSR count). The van der Waals surface area contributed by atoms with Crippen LogP contribution in [-0.2, 0) is 21.2 Å². The Hall–Kier alpha value is -2.16. The quantitative estimate of drug-likeness (QED) is 0.552. The molecule has 0 amide bonds. The van der Waals surface area contributed by atoms with Gasteiger partial charge in [-0.25, -0.2) is 8.42 Å². The number of aromatic amines is 1. The van der Waals surface area contributed by atoms with E-state index in [1.807, 2.05) is 25.1 Å². The molecule has 8 heteroatoms. The number of halogens is 1. The Kier molecular flexibility index (Phi) is 5.17. The number of H-pyrrole nitrogens is 1. The third kappa shape index (κ3) is 3.98. The number of benzene rings is 2. The normalized spacial score (nSPS) is 13.0. The first-order valence-electron chi connectivity index (χ1n) is 7.83. The second-order valence-electron chi connectivity index (χ2n) is 6.03. The van der Waals surface area contributed by atoms with E-state index in [0.29, 0.717) is 0 Å². The highest BCUT2D eigenvalue weighted by Crippen LogP contribution is 2.23. The molecule has 0 radical (unpaired) electrons. The van der Waals surface area contributed by atoms with Crippen LogP contribution < -0.4 is 4.72 Å². The van der Waals surface area contributed by atoms with Crippen molar-refractivity contribution in [1.29, 1.82) is 0 Å². The fourth-order valence-electron chi connectivity index (χ4n) is 2.70. The van der Waals surface area contributed by atoms with Crippen LogP contribution in [0.4, 0.5) is 0 Å². The third-order valence-corrected chi connectivity index (χ3v) is 6.06. The van der Waals surface area contributed by atoms with E-state index >= 15 is 0 Å². The van der Waals surface area contributed by atoms with Gasteiger partial charge in [0.25, 0.3) is 0 Å². The minimum atomic E-state index is -3.93. The molecule has 0 aliphatic carbocycles. The Bertz CT molecular complexity index is 1060. The standard InChI is InChI=1S/C18H17BrN2O4S/c1-11-2-5-14(6-3-11)26(24,25)21-17(18(22)23)8-12-10-20-16-9-13(19)4-7-15(12)16/h2-7,9-10,17,20-21H,8H2,1H3,(H,22,23)/t17-/m1/s1. The van der Waals surface area contributed by atoms with E-state index in [4.69, 9.17) is 0 Å². The number of aromatic nitrogens is 1. The number of aryl methyl sites for hydroxylation is 1. The van der Waals surface area contributed by atoms with Crippen LogP contribution in [0.1, 0.15) is 11.1 Å². The van der Waals surface area contributed by atoms with Gasteiger partial charge in [0, 0.05) is 28.0 Å². The maximum atomic E-state index is 12.5. The van der Waals surface area contributed by atoms with E-state index in [1.165, 1.54) is 12.1 Å². The topological polar surface area (TPSA) is 99.3 Å². The second-order valence-corrected chi connectivity index (χ2v) is 8.66. The molecule has 3 N–H and O–H groups in total. The molecule has 0 fully saturated rings. The lowest BCUT2D eigenvalue weighted by Crippen LogP contribution is -2.42. The molecule has 0 saturated heterocycles. The summed E-state index contributed by atoms with van der Waals surface area (Å²) < 4.78 is 28.2. The first-order valence-corrected chi connectivity index (χ1v) is 10.1. The molecule has 3 aromatic rings. The number of hydrogen-bond acceptors (Lipinski definition) is 3. The Morgan fingerprint density at radius 1 is 1.23 bits per heavy atom. The van der Waals surface area contributed by atoms with Gasteiger partial charge >= 0.3 is 5.97 Å². The van der Waals surface area contributed by atoms with Crippen LogP contribution in [0.15, 0.2) is 58.0 Å². The van der Waals surface area contributed by atoms with Crippen molar-refractivity contribution in [3.63, 3.8) is 0 Å². The molecule has 0 spiro atoms. The first kappa shape index (κ1) is 18.6. The van der Waals surface area contributed by atoms with Gasteiger partial charge in [0.2, 0.25) is 10.0 Å². The van der Waals surface area contributed by atoms with Crippen LogP contribution in [-0.4, -0.2) is 30.5 Å². The summed E-state index contributed by atoms with van der Waals surface area (Å²) >= 11 is 3.38. The minimum Gasteiger partial charge on any atom is -0.480 e. The Morgan fingerprint density at radius 3 is 2.58 bits per heavy atom. The first-order chi connectivity index (χ1) is 12.3. The molecule has 136 valence electrons. The predicted molar refractivity (Wildman–Crippen MR) is 103 cm³/mol. The predicted octanol–water partition coefficient (Wildman–Crippen LogP) is 3.21. The molecule has 0 unspecified atom stereocenters. The van der Waals surface area contributed by atoms with Gasteiger partial charge in [0.05, 0.1) is 4.90 Å². The largest absolute Gasteiger partial charge is 0.480 e. The van der Waals surface area contributed by atoms with E-state index in [2.05, 4.69) is 25.6 Å². The lowest BCUT2D eigenvalue weighted by Gasteiger charge is -2.15. The van der Waals surface area contributed by atoms with Crippen molar-refractivity contribution in [3.05, 3.63) is 64.3 Å². The highest BCUT2D eigenvalue weighted by molar-refractivity contribution is 9.10. The number of fused-ring (bicyclic) bond motifs is 1. The molecule has 0 saturated carbocycles. The van der Waals surface area contributed by atoms with E-state index < -0.39 is 22.0 Å². The zero-order valence-electron chi connectivity index (χ0n) is 13.9. The zero-order valence-corrected chi connectivity index (χ0v) is 16.3. The zero-order chi connectivity index (χ0) is 18.9. The highest BCUT2D eigenvalue weighted by atomic mass is 79.9. The van der Waals surface area contributed by atoms with Gasteiger partial charge in [-0.05, 0) is 36.8 Å². The van der Waals surface area contributed by atoms with Crippen molar-refractivity contribution < 1.29 is 18.3 Å². The molecule has 26 heavy (non-hydrogen) atoms. The smallest absolute Gasteiger partial charge is 0.322 e. The van der Waals surface area contributed by atoms with Gasteiger partial charge in [0.15, 0.2) is 0 Å². The van der Waals surface area contributed by atoms with Crippen LogP contribution in [0.3, 0.4) is 0 Å². The lowest BCUT2D eigenvalue weighted by atomic mass is 10.1. The highest BCUT2D eigenvalue weighted by Gasteiger charge is 2.26. The Morgan fingerprint density at radius 2 is 1.92 bits per heavy atom. The van der Waals surface area contributed by atoms with Gasteiger partial charge in [-0.15, -0.1) is 0 Å². The van der Waals surface area contributed by atoms with Crippen LogP contribution in [0, 0.1) is 6.92 Å². The van der Waals surface area contributed by atoms with Gasteiger partial charge in [0.1, 0.15) is 6.04 Å². The van der Waals surface area contributed by atoms with Crippen molar-refractivity contribution in [1.82, 2.24) is 9.71 Å². The summed E-state index contributed by atoms with van der Waals surface area (Å²) in [5, 5.41) is 10.4. The number of carboxylic acids is 1. The second kappa shape index (κ2) is 7.22. The van der Waals surface area contributed by atoms with E-state index in [-0.39, 0.29) is 11.3 Å². The number of rotatable bonds is 6. The maximum Gasteiger partial charge on any atom is 0.322 e. The fourth-order valence-corrected chi connectivity index (χ4v) is 4.25. The molecule has 1 aromatic heterocycles. The van der Waals surface area contributed by atoms with Gasteiger partial charge in [-0.2, -0.15) is 4.72 Å². The summed E-state index contributed by atoms with van der Waals surface area (Å²) in [5.74, 6) is -1.23. The van der Waals surface area contributed by atoms with E-state index in [1.54, 1.807) is 18.3 Å². The molecule has 1 heterocycles. The number of carbonyl (C=O) groups is 1. The molecule has 0 aliphatic heterocycles. The summed E-state index contributed by atoms with van der Waals surface area (Å²) in [6, 6.07) is 10.6. The average molecular weight is 437 g/mol. The van der Waals surface area contributed by atoms with Crippen molar-refractivity contribution in [2.45, 2.75) is 24.3 Å². The molecule has 6 nitrogen and oxygen atoms in total. The van der Waals surface area contributed by atoms with Gasteiger partial charge in [-0.3, -0.25) is 4.79 Å². The average Bonchev–Trinajstić information content (AvgIpc) is 2.96. The lowest BCUT2D eigenvalue weighted by molar-refractivity contribution is -0.138. The van der Waals surface area contributed by atoms with Gasteiger partial charge < -0.3 is 10.1 Å². The molecule has 0 bridgehead atoms. The summed E-state index contributed by atoms with van der Waals surface area (Å²) in [6.07, 6.45) is 1.73. The molecule has 1 atom stereocenters. The SMILES string of the molecule is Cc1ccc(S(=O)(=O)N[C@H](Cc2c[nH]c3cc(Br)ccc23)C(=O)O)cc1. The minimum absolute atomic E-state index is 0.0298. The third-order valence-electron chi connectivity index (χ3n) is 4.08. The van der Waals surface area contributed by atoms with Crippen LogP contribution in [0.2, 0.25) is 0 Å². The Labute approximate surface area is 159 Å². The number of nitrogens with one attached hydrogen (secondary N) is 2. The van der Waals surface area contributed by atoms with Gasteiger partial charge in [-0.1, -0.05) is 39.7 Å². The maximum absolute atomic E-state index is 12.5. The molecule has 0 aliphatic rings. The number of sulfonamides is 1.